The Morgan fingerprint density at radius 1 is 1.24 bits per heavy atom. The molecule has 21 heavy (non-hydrogen) atoms. The van der Waals surface area contributed by atoms with E-state index in [1.807, 2.05) is 0 Å². The molecule has 0 fully saturated rings. The molecule has 0 saturated heterocycles. The molecule has 0 spiro atoms. The summed E-state index contributed by atoms with van der Waals surface area (Å²) in [6.07, 6.45) is 0. The highest BCUT2D eigenvalue weighted by Crippen LogP contribution is 2.20. The van der Waals surface area contributed by atoms with E-state index in [-0.39, 0.29) is 22.2 Å². The summed E-state index contributed by atoms with van der Waals surface area (Å²) in [5.74, 6) is 0.299. The fourth-order valence-electron chi connectivity index (χ4n) is 1.68. The second-order valence-corrected chi connectivity index (χ2v) is 4.74. The normalized spacial score (nSPS) is 10.1. The average molecular weight is 307 g/mol. The molecule has 0 atom stereocenters. The zero-order valence-corrected chi connectivity index (χ0v) is 11.9. The number of rotatable bonds is 5. The molecule has 0 saturated carbocycles. The van der Waals surface area contributed by atoms with Crippen molar-refractivity contribution in [3.8, 4) is 11.5 Å². The van der Waals surface area contributed by atoms with Gasteiger partial charge >= 0.3 is 0 Å². The molecule has 1 amide bonds. The number of hydrogen-bond acceptors (Lipinski definition) is 4. The van der Waals surface area contributed by atoms with Crippen LogP contribution in [0.1, 0.15) is 10.4 Å². The number of phenolic OH excluding ortho intramolecular Hbond substituents is 1. The largest absolute Gasteiger partial charge is 0.508 e. The predicted molar refractivity (Wildman–Crippen MR) is 81.8 cm³/mol. The Hall–Kier alpha value is -2.40. The highest BCUT2D eigenvalue weighted by atomic mass is 35.5. The van der Waals surface area contributed by atoms with Gasteiger partial charge in [0.25, 0.3) is 5.91 Å². The molecule has 2 aromatic carbocycles. The fourth-order valence-corrected chi connectivity index (χ4v) is 1.88. The van der Waals surface area contributed by atoms with Gasteiger partial charge in [0.05, 0.1) is 17.1 Å². The number of nitrogens with one attached hydrogen (secondary N) is 1. The summed E-state index contributed by atoms with van der Waals surface area (Å²) < 4.78 is 5.45. The quantitative estimate of drug-likeness (QED) is 0.585. The molecule has 0 heterocycles. The third-order valence-corrected chi connectivity index (χ3v) is 3.06. The third kappa shape index (κ3) is 4.29. The lowest BCUT2D eigenvalue weighted by atomic mass is 10.2. The Morgan fingerprint density at radius 2 is 1.95 bits per heavy atom. The first-order valence-electron chi connectivity index (χ1n) is 6.31. The van der Waals surface area contributed by atoms with Crippen LogP contribution < -0.4 is 15.8 Å². The summed E-state index contributed by atoms with van der Waals surface area (Å²) in [6.45, 7) is 0.626. The van der Waals surface area contributed by atoms with Crippen LogP contribution in [0.5, 0.6) is 11.5 Å². The molecule has 6 heteroatoms. The van der Waals surface area contributed by atoms with Crippen molar-refractivity contribution in [2.24, 2.45) is 0 Å². The fraction of sp³-hybridized carbons (Fsp3) is 0.133. The van der Waals surface area contributed by atoms with E-state index in [0.717, 1.165) is 0 Å². The Balaban J connectivity index is 1.81. The third-order valence-electron chi connectivity index (χ3n) is 2.73. The molecule has 0 aromatic heterocycles. The van der Waals surface area contributed by atoms with Gasteiger partial charge in [-0.25, -0.2) is 0 Å². The molecule has 110 valence electrons. The number of phenols is 1. The van der Waals surface area contributed by atoms with Crippen molar-refractivity contribution in [1.82, 2.24) is 5.32 Å². The minimum Gasteiger partial charge on any atom is -0.508 e. The highest BCUT2D eigenvalue weighted by Gasteiger charge is 2.10. The SMILES string of the molecule is Nc1ccc(OCCNC(=O)c2cc(O)ccc2Cl)cc1. The van der Waals surface area contributed by atoms with E-state index in [2.05, 4.69) is 5.32 Å². The molecular weight excluding hydrogens is 292 g/mol. The van der Waals surface area contributed by atoms with E-state index in [1.165, 1.54) is 18.2 Å². The minimum absolute atomic E-state index is 0.0114. The van der Waals surface area contributed by atoms with Gasteiger partial charge in [0.2, 0.25) is 0 Å². The molecule has 2 aromatic rings. The molecule has 0 radical (unpaired) electrons. The number of benzene rings is 2. The summed E-state index contributed by atoms with van der Waals surface area (Å²) in [5.41, 5.74) is 6.45. The van der Waals surface area contributed by atoms with Crippen LogP contribution in [0.4, 0.5) is 5.69 Å². The van der Waals surface area contributed by atoms with Crippen LogP contribution >= 0.6 is 11.6 Å². The summed E-state index contributed by atoms with van der Waals surface area (Å²) in [4.78, 5) is 11.9. The maximum Gasteiger partial charge on any atom is 0.253 e. The number of nitrogens with two attached hydrogens (primary N) is 1. The first-order valence-corrected chi connectivity index (χ1v) is 6.69. The molecule has 0 aliphatic rings. The van der Waals surface area contributed by atoms with Crippen molar-refractivity contribution >= 4 is 23.2 Å². The van der Waals surface area contributed by atoms with Crippen LogP contribution in [0.15, 0.2) is 42.5 Å². The zero-order valence-electron chi connectivity index (χ0n) is 11.2. The van der Waals surface area contributed by atoms with Gasteiger partial charge in [0.1, 0.15) is 18.1 Å². The molecule has 0 unspecified atom stereocenters. The van der Waals surface area contributed by atoms with E-state index in [0.29, 0.717) is 24.6 Å². The highest BCUT2D eigenvalue weighted by molar-refractivity contribution is 6.33. The standard InChI is InChI=1S/C15H15ClN2O3/c16-14-6-3-11(19)9-13(14)15(20)18-7-8-21-12-4-1-10(17)2-5-12/h1-6,9,19H,7-8,17H2,(H,18,20). The van der Waals surface area contributed by atoms with Crippen molar-refractivity contribution < 1.29 is 14.6 Å². The first-order chi connectivity index (χ1) is 10.1. The van der Waals surface area contributed by atoms with Crippen molar-refractivity contribution in [2.75, 3.05) is 18.9 Å². The lowest BCUT2D eigenvalue weighted by Crippen LogP contribution is -2.28. The minimum atomic E-state index is -0.364. The number of hydrogen-bond donors (Lipinski definition) is 3. The van der Waals surface area contributed by atoms with Crippen LogP contribution in [-0.4, -0.2) is 24.2 Å². The molecule has 5 nitrogen and oxygen atoms in total. The number of nitrogen functional groups attached to an aromatic ring is 1. The lowest BCUT2D eigenvalue weighted by molar-refractivity contribution is 0.0947. The maximum absolute atomic E-state index is 11.9. The smallest absolute Gasteiger partial charge is 0.253 e. The number of carbonyl (C=O) groups is 1. The molecule has 0 aliphatic carbocycles. The van der Waals surface area contributed by atoms with Crippen LogP contribution in [0.2, 0.25) is 5.02 Å². The van der Waals surface area contributed by atoms with Crippen LogP contribution in [0.3, 0.4) is 0 Å². The zero-order chi connectivity index (χ0) is 15.2. The summed E-state index contributed by atoms with van der Waals surface area (Å²) in [7, 11) is 0. The predicted octanol–water partition coefficient (Wildman–Crippen LogP) is 2.44. The van der Waals surface area contributed by atoms with E-state index < -0.39 is 0 Å². The van der Waals surface area contributed by atoms with Gasteiger partial charge in [-0.3, -0.25) is 4.79 Å². The van der Waals surface area contributed by atoms with E-state index in [4.69, 9.17) is 22.1 Å². The van der Waals surface area contributed by atoms with Crippen molar-refractivity contribution in [1.29, 1.82) is 0 Å². The number of aromatic hydroxyl groups is 1. The Labute approximate surface area is 127 Å². The lowest BCUT2D eigenvalue weighted by Gasteiger charge is -2.09. The van der Waals surface area contributed by atoms with Crippen molar-refractivity contribution in [3.63, 3.8) is 0 Å². The topological polar surface area (TPSA) is 84.6 Å². The maximum atomic E-state index is 11.9. The van der Waals surface area contributed by atoms with Crippen LogP contribution in [0, 0.1) is 0 Å². The van der Waals surface area contributed by atoms with Crippen LogP contribution in [0.25, 0.3) is 0 Å². The van der Waals surface area contributed by atoms with E-state index >= 15 is 0 Å². The van der Waals surface area contributed by atoms with E-state index in [1.54, 1.807) is 24.3 Å². The van der Waals surface area contributed by atoms with Gasteiger partial charge in [-0.2, -0.15) is 0 Å². The number of carbonyl (C=O) groups excluding carboxylic acids is 1. The summed E-state index contributed by atoms with van der Waals surface area (Å²) in [6, 6.07) is 11.2. The second-order valence-electron chi connectivity index (χ2n) is 4.34. The van der Waals surface area contributed by atoms with Crippen molar-refractivity contribution in [2.45, 2.75) is 0 Å². The van der Waals surface area contributed by atoms with E-state index in [9.17, 15) is 9.90 Å². The Morgan fingerprint density at radius 3 is 2.67 bits per heavy atom. The van der Waals surface area contributed by atoms with Crippen molar-refractivity contribution in [3.05, 3.63) is 53.1 Å². The first kappa shape index (κ1) is 15.0. The summed E-state index contributed by atoms with van der Waals surface area (Å²) >= 11 is 5.90. The van der Waals surface area contributed by atoms with Gasteiger partial charge in [-0.15, -0.1) is 0 Å². The van der Waals surface area contributed by atoms with Gasteiger partial charge < -0.3 is 20.9 Å². The summed E-state index contributed by atoms with van der Waals surface area (Å²) in [5, 5.41) is 12.3. The molecule has 0 bridgehead atoms. The second kappa shape index (κ2) is 6.85. The monoisotopic (exact) mass is 306 g/mol. The van der Waals surface area contributed by atoms with Crippen LogP contribution in [-0.2, 0) is 0 Å². The van der Waals surface area contributed by atoms with Gasteiger partial charge in [-0.05, 0) is 42.5 Å². The number of halogens is 1. The Bertz CT molecular complexity index is 629. The number of amides is 1. The molecule has 0 aliphatic heterocycles. The van der Waals surface area contributed by atoms with Gasteiger partial charge in [-0.1, -0.05) is 11.6 Å². The number of ether oxygens (including phenoxy) is 1. The molecular formula is C15H15ClN2O3. The van der Waals surface area contributed by atoms with Gasteiger partial charge in [0, 0.05) is 5.69 Å². The molecule has 2 rings (SSSR count). The van der Waals surface area contributed by atoms with Gasteiger partial charge in [0.15, 0.2) is 0 Å². The number of anilines is 1. The average Bonchev–Trinajstić information content (AvgIpc) is 2.47. The molecule has 4 N–H and O–H groups in total. The Kier molecular flexibility index (Phi) is 4.90.